The molecular formula is C20H21Cl2FN2O3S. The molecule has 1 fully saturated rings. The van der Waals surface area contributed by atoms with Gasteiger partial charge in [0.1, 0.15) is 5.82 Å². The molecule has 2 aromatic carbocycles. The summed E-state index contributed by atoms with van der Waals surface area (Å²) in [5, 5.41) is 3.40. The minimum absolute atomic E-state index is 0.111. The van der Waals surface area contributed by atoms with E-state index in [1.165, 1.54) is 16.4 Å². The van der Waals surface area contributed by atoms with Crippen molar-refractivity contribution in [3.63, 3.8) is 0 Å². The second-order valence-electron chi connectivity index (χ2n) is 7.00. The molecule has 0 aromatic heterocycles. The minimum Gasteiger partial charge on any atom is -0.352 e. The third-order valence-electron chi connectivity index (χ3n) is 4.92. The lowest BCUT2D eigenvalue weighted by atomic mass is 9.99. The number of nitrogens with one attached hydrogen (secondary N) is 1. The predicted octanol–water partition coefficient (Wildman–Crippen LogP) is 3.99. The summed E-state index contributed by atoms with van der Waals surface area (Å²) >= 11 is 12.2. The maximum atomic E-state index is 13.0. The molecule has 9 heteroatoms. The number of benzene rings is 2. The molecule has 1 aliphatic heterocycles. The molecule has 2 aromatic rings. The van der Waals surface area contributed by atoms with Gasteiger partial charge in [-0.2, -0.15) is 0 Å². The largest absolute Gasteiger partial charge is 0.352 e. The van der Waals surface area contributed by atoms with Crippen LogP contribution in [0.15, 0.2) is 42.5 Å². The highest BCUT2D eigenvalue weighted by Gasteiger charge is 2.33. The number of hydrogen-bond donors (Lipinski definition) is 1. The second kappa shape index (κ2) is 9.43. The van der Waals surface area contributed by atoms with Gasteiger partial charge in [0.15, 0.2) is 0 Å². The molecule has 1 N–H and O–H groups in total. The average Bonchev–Trinajstić information content (AvgIpc) is 2.70. The van der Waals surface area contributed by atoms with Gasteiger partial charge in [-0.3, -0.25) is 4.79 Å². The number of halogens is 3. The van der Waals surface area contributed by atoms with Gasteiger partial charge in [-0.25, -0.2) is 17.1 Å². The Kier molecular flexibility index (Phi) is 7.16. The molecule has 0 radical (unpaired) electrons. The Morgan fingerprint density at radius 2 is 1.79 bits per heavy atom. The van der Waals surface area contributed by atoms with Crippen molar-refractivity contribution in [2.75, 3.05) is 13.1 Å². The molecule has 1 aliphatic rings. The summed E-state index contributed by atoms with van der Waals surface area (Å²) in [7, 11) is -3.68. The number of carbonyl (C=O) groups excluding carboxylic acids is 1. The number of amides is 1. The van der Waals surface area contributed by atoms with Gasteiger partial charge in [-0.15, -0.1) is 0 Å². The summed E-state index contributed by atoms with van der Waals surface area (Å²) in [5.41, 5.74) is 1.13. The van der Waals surface area contributed by atoms with Crippen molar-refractivity contribution in [2.45, 2.75) is 25.1 Å². The van der Waals surface area contributed by atoms with E-state index in [1.807, 2.05) is 0 Å². The fourth-order valence-electron chi connectivity index (χ4n) is 3.29. The number of hydrogen-bond acceptors (Lipinski definition) is 3. The van der Waals surface area contributed by atoms with Gasteiger partial charge < -0.3 is 5.32 Å². The van der Waals surface area contributed by atoms with E-state index in [4.69, 9.17) is 23.2 Å². The average molecular weight is 459 g/mol. The number of sulfonamides is 1. The van der Waals surface area contributed by atoms with E-state index in [0.717, 1.165) is 5.56 Å². The number of piperidine rings is 1. The molecule has 29 heavy (non-hydrogen) atoms. The smallest absolute Gasteiger partial charge is 0.224 e. The van der Waals surface area contributed by atoms with Crippen molar-refractivity contribution in [1.82, 2.24) is 9.62 Å². The molecule has 1 saturated heterocycles. The molecule has 156 valence electrons. The lowest BCUT2D eigenvalue weighted by Gasteiger charge is -2.31. The Labute approximate surface area is 179 Å². The van der Waals surface area contributed by atoms with Crippen LogP contribution in [0.1, 0.15) is 24.0 Å². The van der Waals surface area contributed by atoms with Crippen molar-refractivity contribution in [3.8, 4) is 0 Å². The topological polar surface area (TPSA) is 66.5 Å². The van der Waals surface area contributed by atoms with E-state index in [2.05, 4.69) is 5.32 Å². The molecule has 0 spiro atoms. The van der Waals surface area contributed by atoms with Crippen LogP contribution >= 0.6 is 23.2 Å². The molecule has 0 bridgehead atoms. The quantitative estimate of drug-likeness (QED) is 0.711. The molecule has 1 heterocycles. The van der Waals surface area contributed by atoms with Crippen molar-refractivity contribution in [3.05, 3.63) is 69.5 Å². The molecule has 5 nitrogen and oxygen atoms in total. The summed E-state index contributed by atoms with van der Waals surface area (Å²) in [4.78, 5) is 12.5. The number of carbonyl (C=O) groups is 1. The Bertz CT molecular complexity index is 963. The fraction of sp³-hybridized carbons (Fsp3) is 0.350. The van der Waals surface area contributed by atoms with Gasteiger partial charge in [0.2, 0.25) is 15.9 Å². The van der Waals surface area contributed by atoms with Gasteiger partial charge in [-0.05, 0) is 42.7 Å². The highest BCUT2D eigenvalue weighted by molar-refractivity contribution is 7.88. The van der Waals surface area contributed by atoms with Gasteiger partial charge in [0.25, 0.3) is 0 Å². The first kappa shape index (κ1) is 22.0. The Morgan fingerprint density at radius 1 is 1.14 bits per heavy atom. The molecule has 1 atom stereocenters. The van der Waals surface area contributed by atoms with Crippen LogP contribution < -0.4 is 5.32 Å². The SMILES string of the molecule is O=C(NCc1ccc(F)cc1)[C@H]1CCCN(S(=O)(=O)Cc2c(Cl)cccc2Cl)C1. The van der Waals surface area contributed by atoms with Crippen LogP contribution in [0.2, 0.25) is 10.0 Å². The zero-order valence-corrected chi connectivity index (χ0v) is 17.9. The van der Waals surface area contributed by atoms with E-state index < -0.39 is 15.9 Å². The Morgan fingerprint density at radius 3 is 2.45 bits per heavy atom. The first-order valence-corrected chi connectivity index (χ1v) is 11.6. The van der Waals surface area contributed by atoms with Gasteiger partial charge in [0, 0.05) is 35.2 Å². The summed E-state index contributed by atoms with van der Waals surface area (Å²) in [6.45, 7) is 0.726. The Balaban J connectivity index is 1.63. The third-order valence-corrected chi connectivity index (χ3v) is 7.40. The molecular weight excluding hydrogens is 438 g/mol. The van der Waals surface area contributed by atoms with Crippen LogP contribution in [0, 0.1) is 11.7 Å². The maximum absolute atomic E-state index is 13.0. The monoisotopic (exact) mass is 458 g/mol. The van der Waals surface area contributed by atoms with E-state index in [-0.39, 0.29) is 30.6 Å². The molecule has 1 amide bonds. The molecule has 0 aliphatic carbocycles. The van der Waals surface area contributed by atoms with Crippen molar-refractivity contribution >= 4 is 39.1 Å². The van der Waals surface area contributed by atoms with Gasteiger partial charge >= 0.3 is 0 Å². The summed E-state index contributed by atoms with van der Waals surface area (Å²) in [5.74, 6) is -1.31. The molecule has 3 rings (SSSR count). The van der Waals surface area contributed by atoms with E-state index in [9.17, 15) is 17.6 Å². The predicted molar refractivity (Wildman–Crippen MR) is 112 cm³/mol. The third kappa shape index (κ3) is 5.69. The normalized spacial score (nSPS) is 17.8. The number of rotatable bonds is 6. The zero-order chi connectivity index (χ0) is 21.0. The van der Waals surface area contributed by atoms with Gasteiger partial charge in [0.05, 0.1) is 11.7 Å². The summed E-state index contributed by atoms with van der Waals surface area (Å²) in [6, 6.07) is 10.7. The molecule has 0 saturated carbocycles. The fourth-order valence-corrected chi connectivity index (χ4v) is 5.65. The lowest BCUT2D eigenvalue weighted by Crippen LogP contribution is -2.45. The van der Waals surface area contributed by atoms with Crippen LogP contribution in [0.25, 0.3) is 0 Å². The van der Waals surface area contributed by atoms with Crippen LogP contribution in [-0.2, 0) is 27.1 Å². The first-order chi connectivity index (χ1) is 13.8. The number of nitrogens with zero attached hydrogens (tertiary/aromatic N) is 1. The summed E-state index contributed by atoms with van der Waals surface area (Å²) in [6.07, 6.45) is 1.19. The standard InChI is InChI=1S/C20H21Cl2FN2O3S/c21-18-4-1-5-19(22)17(18)13-29(27,28)25-10-2-3-15(12-25)20(26)24-11-14-6-8-16(23)9-7-14/h1,4-9,15H,2-3,10-13H2,(H,24,26)/t15-/m0/s1. The van der Waals surface area contributed by atoms with E-state index in [0.29, 0.717) is 35.0 Å². The zero-order valence-electron chi connectivity index (χ0n) is 15.6. The minimum atomic E-state index is -3.68. The highest BCUT2D eigenvalue weighted by Crippen LogP contribution is 2.29. The second-order valence-corrected chi connectivity index (χ2v) is 9.78. The van der Waals surface area contributed by atoms with Crippen molar-refractivity contribution in [2.24, 2.45) is 5.92 Å². The van der Waals surface area contributed by atoms with Crippen LogP contribution in [0.3, 0.4) is 0 Å². The van der Waals surface area contributed by atoms with Crippen molar-refractivity contribution < 1.29 is 17.6 Å². The van der Waals surface area contributed by atoms with E-state index >= 15 is 0 Å². The van der Waals surface area contributed by atoms with Crippen LogP contribution in [-0.4, -0.2) is 31.7 Å². The lowest BCUT2D eigenvalue weighted by molar-refractivity contribution is -0.126. The van der Waals surface area contributed by atoms with Gasteiger partial charge in [-0.1, -0.05) is 41.4 Å². The highest BCUT2D eigenvalue weighted by atomic mass is 35.5. The first-order valence-electron chi connectivity index (χ1n) is 9.19. The Hall–Kier alpha value is -1.67. The van der Waals surface area contributed by atoms with Crippen LogP contribution in [0.4, 0.5) is 4.39 Å². The van der Waals surface area contributed by atoms with Crippen LogP contribution in [0.5, 0.6) is 0 Å². The summed E-state index contributed by atoms with van der Waals surface area (Å²) < 4.78 is 40.1. The maximum Gasteiger partial charge on any atom is 0.224 e. The van der Waals surface area contributed by atoms with Crippen molar-refractivity contribution in [1.29, 1.82) is 0 Å². The van der Waals surface area contributed by atoms with E-state index in [1.54, 1.807) is 30.3 Å². The molecule has 0 unspecified atom stereocenters.